The summed E-state index contributed by atoms with van der Waals surface area (Å²) < 4.78 is 0. The summed E-state index contributed by atoms with van der Waals surface area (Å²) in [6.07, 6.45) is 2.14. The molecule has 2 aliphatic rings. The van der Waals surface area contributed by atoms with Crippen molar-refractivity contribution in [3.8, 4) is 0 Å². The molecule has 0 bridgehead atoms. The summed E-state index contributed by atoms with van der Waals surface area (Å²) in [5.74, 6) is 1.30. The van der Waals surface area contributed by atoms with Gasteiger partial charge in [-0.3, -0.25) is 9.59 Å². The zero-order valence-electron chi connectivity index (χ0n) is 13.6. The van der Waals surface area contributed by atoms with Crippen molar-refractivity contribution in [1.29, 1.82) is 0 Å². The molecule has 2 fully saturated rings. The number of nitrogens with one attached hydrogen (secondary N) is 1. The summed E-state index contributed by atoms with van der Waals surface area (Å²) in [7, 11) is 0. The summed E-state index contributed by atoms with van der Waals surface area (Å²) in [4.78, 5) is 26.7. The first-order valence-corrected chi connectivity index (χ1v) is 9.14. The number of hydrogen-bond donors (Lipinski definition) is 2. The van der Waals surface area contributed by atoms with Crippen molar-refractivity contribution in [2.75, 3.05) is 31.9 Å². The van der Waals surface area contributed by atoms with E-state index in [2.05, 4.69) is 5.32 Å². The van der Waals surface area contributed by atoms with E-state index in [4.69, 9.17) is 5.73 Å². The first-order valence-electron chi connectivity index (χ1n) is 8.15. The Morgan fingerprint density at radius 2 is 1.79 bits per heavy atom. The van der Waals surface area contributed by atoms with Crippen LogP contribution in [0.2, 0.25) is 0 Å². The van der Waals surface area contributed by atoms with Crippen LogP contribution >= 0.6 is 24.2 Å². The van der Waals surface area contributed by atoms with Gasteiger partial charge in [-0.25, -0.2) is 0 Å². The third kappa shape index (κ3) is 4.43. The van der Waals surface area contributed by atoms with Crippen LogP contribution in [0, 0.1) is 11.8 Å². The van der Waals surface area contributed by atoms with E-state index in [0.29, 0.717) is 17.4 Å². The standard InChI is InChI=1S/C17H23N3O2S.ClH/c18-16(21)11-23-15-4-2-1-3-14(15)17(22)20-7-5-12-9-19-10-13(12)6-8-20;/h1-4,12-13,19H,5-11H2,(H2,18,21);1H/t12-,13+;. The van der Waals surface area contributed by atoms with Gasteiger partial charge in [-0.05, 0) is 49.9 Å². The number of carbonyl (C=O) groups excluding carboxylic acids is 2. The topological polar surface area (TPSA) is 75.4 Å². The van der Waals surface area contributed by atoms with E-state index in [-0.39, 0.29) is 30.0 Å². The van der Waals surface area contributed by atoms with Crippen LogP contribution < -0.4 is 11.1 Å². The lowest BCUT2D eigenvalue weighted by Gasteiger charge is -2.22. The summed E-state index contributed by atoms with van der Waals surface area (Å²) in [5, 5.41) is 3.45. The fourth-order valence-corrected chi connectivity index (χ4v) is 4.29. The Balaban J connectivity index is 0.00000208. The number of primary amides is 1. The Hall–Kier alpha value is -1.24. The molecule has 7 heteroatoms. The highest BCUT2D eigenvalue weighted by Gasteiger charge is 2.32. The van der Waals surface area contributed by atoms with Crippen LogP contribution in [-0.4, -0.2) is 48.6 Å². The van der Waals surface area contributed by atoms with E-state index < -0.39 is 0 Å². The van der Waals surface area contributed by atoms with Gasteiger partial charge in [0.25, 0.3) is 5.91 Å². The van der Waals surface area contributed by atoms with Gasteiger partial charge in [0, 0.05) is 18.0 Å². The Bertz CT molecular complexity index is 585. The number of rotatable bonds is 4. The summed E-state index contributed by atoms with van der Waals surface area (Å²) >= 11 is 1.34. The first kappa shape index (κ1) is 19.1. The number of fused-ring (bicyclic) bond motifs is 1. The maximum absolute atomic E-state index is 12.9. The van der Waals surface area contributed by atoms with Crippen LogP contribution in [0.25, 0.3) is 0 Å². The molecule has 132 valence electrons. The molecule has 1 aromatic rings. The van der Waals surface area contributed by atoms with Crippen molar-refractivity contribution in [2.24, 2.45) is 17.6 Å². The molecule has 2 amide bonds. The van der Waals surface area contributed by atoms with Gasteiger partial charge in [-0.1, -0.05) is 12.1 Å². The number of likely N-dealkylation sites (tertiary alicyclic amines) is 1. The molecule has 0 radical (unpaired) electrons. The summed E-state index contributed by atoms with van der Waals surface area (Å²) in [6, 6.07) is 7.49. The average molecular weight is 370 g/mol. The lowest BCUT2D eigenvalue weighted by Crippen LogP contribution is -2.33. The lowest BCUT2D eigenvalue weighted by atomic mass is 9.92. The molecule has 2 saturated heterocycles. The SMILES string of the molecule is Cl.NC(=O)CSc1ccccc1C(=O)N1CC[C@@H]2CNC[C@@H]2CC1. The van der Waals surface area contributed by atoms with Crippen LogP contribution in [0.3, 0.4) is 0 Å². The molecule has 0 aromatic heterocycles. The lowest BCUT2D eigenvalue weighted by molar-refractivity contribution is -0.115. The molecule has 2 atom stereocenters. The van der Waals surface area contributed by atoms with Crippen LogP contribution in [0.1, 0.15) is 23.2 Å². The maximum Gasteiger partial charge on any atom is 0.254 e. The van der Waals surface area contributed by atoms with Crippen LogP contribution in [-0.2, 0) is 4.79 Å². The molecular weight excluding hydrogens is 346 g/mol. The second-order valence-electron chi connectivity index (χ2n) is 6.30. The van der Waals surface area contributed by atoms with Gasteiger partial charge in [0.15, 0.2) is 0 Å². The third-order valence-electron chi connectivity index (χ3n) is 4.79. The van der Waals surface area contributed by atoms with Crippen molar-refractivity contribution in [2.45, 2.75) is 17.7 Å². The molecular formula is C17H24ClN3O2S. The predicted octanol–water partition coefficient (Wildman–Crippen LogP) is 1.76. The molecule has 0 saturated carbocycles. The summed E-state index contributed by atoms with van der Waals surface area (Å²) in [5.41, 5.74) is 5.91. The summed E-state index contributed by atoms with van der Waals surface area (Å²) in [6.45, 7) is 3.79. The second kappa shape index (κ2) is 8.74. The van der Waals surface area contributed by atoms with Gasteiger partial charge in [-0.15, -0.1) is 24.2 Å². The third-order valence-corrected chi connectivity index (χ3v) is 5.89. The highest BCUT2D eigenvalue weighted by molar-refractivity contribution is 8.00. The molecule has 3 N–H and O–H groups in total. The molecule has 3 rings (SSSR count). The number of halogens is 1. The minimum Gasteiger partial charge on any atom is -0.369 e. The van der Waals surface area contributed by atoms with Gasteiger partial charge in [0.2, 0.25) is 5.91 Å². The van der Waals surface area contributed by atoms with Gasteiger partial charge < -0.3 is 16.0 Å². The van der Waals surface area contributed by atoms with E-state index in [9.17, 15) is 9.59 Å². The maximum atomic E-state index is 12.9. The Morgan fingerprint density at radius 1 is 1.17 bits per heavy atom. The quantitative estimate of drug-likeness (QED) is 0.793. The van der Waals surface area contributed by atoms with Crippen LogP contribution in [0.4, 0.5) is 0 Å². The van der Waals surface area contributed by atoms with Crippen LogP contribution in [0.15, 0.2) is 29.2 Å². The fraction of sp³-hybridized carbons (Fsp3) is 0.529. The van der Waals surface area contributed by atoms with Gasteiger partial charge in [0.05, 0.1) is 11.3 Å². The van der Waals surface area contributed by atoms with Crippen molar-refractivity contribution >= 4 is 36.0 Å². The molecule has 2 heterocycles. The number of thioether (sulfide) groups is 1. The fourth-order valence-electron chi connectivity index (χ4n) is 3.51. The number of benzene rings is 1. The Morgan fingerprint density at radius 3 is 2.42 bits per heavy atom. The number of hydrogen-bond acceptors (Lipinski definition) is 4. The number of nitrogens with zero attached hydrogens (tertiary/aromatic N) is 1. The predicted molar refractivity (Wildman–Crippen MR) is 98.6 cm³/mol. The number of amides is 2. The van der Waals surface area contributed by atoms with Crippen molar-refractivity contribution in [3.63, 3.8) is 0 Å². The van der Waals surface area contributed by atoms with E-state index in [1.165, 1.54) is 11.8 Å². The van der Waals surface area contributed by atoms with Crippen molar-refractivity contribution in [1.82, 2.24) is 10.2 Å². The minimum absolute atomic E-state index is 0. The van der Waals surface area contributed by atoms with E-state index in [1.807, 2.05) is 29.2 Å². The number of carbonyl (C=O) groups is 2. The monoisotopic (exact) mass is 369 g/mol. The van der Waals surface area contributed by atoms with Gasteiger partial charge in [0.1, 0.15) is 0 Å². The van der Waals surface area contributed by atoms with E-state index in [0.717, 1.165) is 43.9 Å². The van der Waals surface area contributed by atoms with Gasteiger partial charge in [-0.2, -0.15) is 0 Å². The second-order valence-corrected chi connectivity index (χ2v) is 7.32. The Kier molecular flexibility index (Phi) is 6.95. The van der Waals surface area contributed by atoms with Crippen molar-refractivity contribution in [3.05, 3.63) is 29.8 Å². The van der Waals surface area contributed by atoms with Gasteiger partial charge >= 0.3 is 0 Å². The molecule has 0 aliphatic carbocycles. The number of nitrogens with two attached hydrogens (primary N) is 1. The molecule has 0 spiro atoms. The molecule has 1 aromatic carbocycles. The van der Waals surface area contributed by atoms with E-state index in [1.54, 1.807) is 0 Å². The average Bonchev–Trinajstić information content (AvgIpc) is 2.91. The first-order chi connectivity index (χ1) is 11.1. The van der Waals surface area contributed by atoms with E-state index >= 15 is 0 Å². The molecule has 5 nitrogen and oxygen atoms in total. The highest BCUT2D eigenvalue weighted by Crippen LogP contribution is 2.29. The smallest absolute Gasteiger partial charge is 0.254 e. The minimum atomic E-state index is -0.368. The highest BCUT2D eigenvalue weighted by atomic mass is 35.5. The molecule has 0 unspecified atom stereocenters. The zero-order chi connectivity index (χ0) is 16.2. The molecule has 24 heavy (non-hydrogen) atoms. The largest absolute Gasteiger partial charge is 0.369 e. The normalized spacial score (nSPS) is 23.1. The zero-order valence-corrected chi connectivity index (χ0v) is 15.2. The van der Waals surface area contributed by atoms with Crippen LogP contribution in [0.5, 0.6) is 0 Å². The Labute approximate surface area is 153 Å². The van der Waals surface area contributed by atoms with Crippen molar-refractivity contribution < 1.29 is 9.59 Å². The molecule has 2 aliphatic heterocycles.